The highest BCUT2D eigenvalue weighted by atomic mass is 32.2. The summed E-state index contributed by atoms with van der Waals surface area (Å²) in [4.78, 5) is 12.7. The second-order valence-electron chi connectivity index (χ2n) is 7.16. The summed E-state index contributed by atoms with van der Waals surface area (Å²) in [5, 5.41) is 2.72. The van der Waals surface area contributed by atoms with Crippen LogP contribution in [0.4, 0.5) is 11.4 Å². The van der Waals surface area contributed by atoms with Crippen molar-refractivity contribution < 1.29 is 21.6 Å². The number of nitrogens with one attached hydrogen (secondary N) is 3. The Bertz CT molecular complexity index is 1130. The van der Waals surface area contributed by atoms with Crippen LogP contribution < -0.4 is 14.8 Å². The average Bonchev–Trinajstić information content (AvgIpc) is 2.64. The van der Waals surface area contributed by atoms with Crippen LogP contribution in [0.1, 0.15) is 43.1 Å². The second kappa shape index (κ2) is 9.59. The number of carbonyl (C=O) groups excluding carboxylic acids is 1. The molecule has 0 saturated carbocycles. The lowest BCUT2D eigenvalue weighted by molar-refractivity contribution is 0.102. The van der Waals surface area contributed by atoms with Gasteiger partial charge in [0.05, 0.1) is 16.3 Å². The Kier molecular flexibility index (Phi) is 7.62. The van der Waals surface area contributed by atoms with Crippen molar-refractivity contribution in [2.45, 2.75) is 45.1 Å². The molecule has 0 fully saturated rings. The first-order chi connectivity index (χ1) is 13.9. The van der Waals surface area contributed by atoms with Crippen LogP contribution in [0.2, 0.25) is 0 Å². The minimum atomic E-state index is -3.74. The molecule has 0 aliphatic heterocycles. The van der Waals surface area contributed by atoms with Gasteiger partial charge in [0.25, 0.3) is 5.91 Å². The lowest BCUT2D eigenvalue weighted by atomic mass is 10.1. The fraction of sp³-hybridized carbons (Fsp3) is 0.350. The van der Waals surface area contributed by atoms with Crippen LogP contribution in [0.25, 0.3) is 0 Å². The molecule has 164 valence electrons. The van der Waals surface area contributed by atoms with Crippen molar-refractivity contribution in [2.75, 3.05) is 15.8 Å². The highest BCUT2D eigenvalue weighted by Gasteiger charge is 2.18. The normalized spacial score (nSPS) is 12.0. The molecule has 0 aromatic heterocycles. The molecule has 2 rings (SSSR count). The molecule has 0 heterocycles. The van der Waals surface area contributed by atoms with Crippen LogP contribution in [-0.4, -0.2) is 34.5 Å². The molecule has 1 amide bonds. The SMILES string of the molecule is CCCS(=O)(=O)Nc1cccc(NC(=O)c2cccc(S(=O)(=O)NC(C)C)c2)c1C. The predicted octanol–water partition coefficient (Wildman–Crippen LogP) is 3.09. The number of rotatable bonds is 9. The first kappa shape index (κ1) is 23.8. The van der Waals surface area contributed by atoms with E-state index in [4.69, 9.17) is 0 Å². The summed E-state index contributed by atoms with van der Waals surface area (Å²) in [6.45, 7) is 6.87. The molecule has 8 nitrogen and oxygen atoms in total. The van der Waals surface area contributed by atoms with E-state index in [9.17, 15) is 21.6 Å². The van der Waals surface area contributed by atoms with E-state index in [2.05, 4.69) is 14.8 Å². The van der Waals surface area contributed by atoms with E-state index in [1.54, 1.807) is 45.9 Å². The molecule has 2 aromatic carbocycles. The molecule has 0 atom stereocenters. The first-order valence-electron chi connectivity index (χ1n) is 9.49. The van der Waals surface area contributed by atoms with Gasteiger partial charge in [0.1, 0.15) is 0 Å². The summed E-state index contributed by atoms with van der Waals surface area (Å²) in [6, 6.07) is 10.3. The van der Waals surface area contributed by atoms with E-state index in [1.165, 1.54) is 24.3 Å². The van der Waals surface area contributed by atoms with E-state index in [-0.39, 0.29) is 22.3 Å². The molecule has 10 heteroatoms. The highest BCUT2D eigenvalue weighted by Crippen LogP contribution is 2.25. The van der Waals surface area contributed by atoms with Gasteiger partial charge >= 0.3 is 0 Å². The second-order valence-corrected chi connectivity index (χ2v) is 10.7. The van der Waals surface area contributed by atoms with Gasteiger partial charge in [0, 0.05) is 17.3 Å². The molecule has 0 aliphatic carbocycles. The average molecular weight is 454 g/mol. The van der Waals surface area contributed by atoms with Gasteiger partial charge in [-0.15, -0.1) is 0 Å². The van der Waals surface area contributed by atoms with Crippen LogP contribution in [-0.2, 0) is 20.0 Å². The molecule has 0 spiro atoms. The number of carbonyl (C=O) groups is 1. The van der Waals surface area contributed by atoms with Gasteiger partial charge in [0.2, 0.25) is 20.0 Å². The summed E-state index contributed by atoms with van der Waals surface area (Å²) in [5.74, 6) is -0.511. The van der Waals surface area contributed by atoms with E-state index in [0.717, 1.165) is 0 Å². The third kappa shape index (κ3) is 6.28. The van der Waals surface area contributed by atoms with Gasteiger partial charge in [-0.2, -0.15) is 0 Å². The Morgan fingerprint density at radius 1 is 1.00 bits per heavy atom. The topological polar surface area (TPSA) is 121 Å². The van der Waals surface area contributed by atoms with E-state index in [1.807, 2.05) is 0 Å². The molecule has 0 aliphatic rings. The summed E-state index contributed by atoms with van der Waals surface area (Å²) < 4.78 is 53.8. The molecule has 3 N–H and O–H groups in total. The van der Waals surface area contributed by atoms with E-state index < -0.39 is 26.0 Å². The molecular formula is C20H27N3O5S2. The zero-order valence-corrected chi connectivity index (χ0v) is 19.0. The Hall–Kier alpha value is -2.43. The molecule has 30 heavy (non-hydrogen) atoms. The minimum Gasteiger partial charge on any atom is -0.322 e. The Labute approximate surface area is 178 Å². The van der Waals surface area contributed by atoms with Crippen LogP contribution in [0.3, 0.4) is 0 Å². The molecule has 2 aromatic rings. The third-order valence-corrected chi connectivity index (χ3v) is 7.25. The molecule has 0 unspecified atom stereocenters. The van der Waals surface area contributed by atoms with Gasteiger partial charge in [-0.3, -0.25) is 9.52 Å². The maximum absolute atomic E-state index is 12.7. The molecule has 0 saturated heterocycles. The fourth-order valence-corrected chi connectivity index (χ4v) is 5.24. The van der Waals surface area contributed by atoms with Crippen molar-refractivity contribution in [2.24, 2.45) is 0 Å². The first-order valence-corrected chi connectivity index (χ1v) is 12.6. The standard InChI is InChI=1S/C20H27N3O5S2/c1-5-12-29(25,26)23-19-11-7-10-18(15(19)4)21-20(24)16-8-6-9-17(13-16)30(27,28)22-14(2)3/h6-11,13-14,22-23H,5,12H2,1-4H3,(H,21,24). The quantitative estimate of drug-likeness (QED) is 0.539. The highest BCUT2D eigenvalue weighted by molar-refractivity contribution is 7.92. The lowest BCUT2D eigenvalue weighted by Crippen LogP contribution is -2.30. The van der Waals surface area contributed by atoms with Crippen molar-refractivity contribution in [1.82, 2.24) is 4.72 Å². The van der Waals surface area contributed by atoms with Gasteiger partial charge in [-0.1, -0.05) is 19.1 Å². The Morgan fingerprint density at radius 3 is 2.27 bits per heavy atom. The maximum atomic E-state index is 12.7. The number of anilines is 2. The van der Waals surface area contributed by atoms with Crippen LogP contribution in [0.5, 0.6) is 0 Å². The van der Waals surface area contributed by atoms with Crippen molar-refractivity contribution in [3.63, 3.8) is 0 Å². The maximum Gasteiger partial charge on any atom is 0.255 e. The van der Waals surface area contributed by atoms with Crippen LogP contribution in [0.15, 0.2) is 47.4 Å². The summed E-state index contributed by atoms with van der Waals surface area (Å²) in [6.07, 6.45) is 0.482. The van der Waals surface area contributed by atoms with Crippen molar-refractivity contribution in [1.29, 1.82) is 0 Å². The third-order valence-electron chi connectivity index (χ3n) is 4.12. The number of hydrogen-bond donors (Lipinski definition) is 3. The zero-order valence-electron chi connectivity index (χ0n) is 17.4. The van der Waals surface area contributed by atoms with Crippen LogP contribution in [0, 0.1) is 6.92 Å². The number of hydrogen-bond acceptors (Lipinski definition) is 5. The minimum absolute atomic E-state index is 0.00525. The summed E-state index contributed by atoms with van der Waals surface area (Å²) in [7, 11) is -7.21. The number of amides is 1. The monoisotopic (exact) mass is 453 g/mol. The molecule has 0 radical (unpaired) electrons. The van der Waals surface area contributed by atoms with Gasteiger partial charge in [-0.25, -0.2) is 21.6 Å². The van der Waals surface area contributed by atoms with Crippen LogP contribution >= 0.6 is 0 Å². The van der Waals surface area contributed by atoms with E-state index in [0.29, 0.717) is 23.4 Å². The smallest absolute Gasteiger partial charge is 0.255 e. The molecule has 0 bridgehead atoms. The molecular weight excluding hydrogens is 426 g/mol. The fourth-order valence-electron chi connectivity index (χ4n) is 2.75. The number of benzene rings is 2. The van der Waals surface area contributed by atoms with Crippen molar-refractivity contribution in [3.05, 3.63) is 53.6 Å². The van der Waals surface area contributed by atoms with E-state index >= 15 is 0 Å². The Morgan fingerprint density at radius 2 is 1.63 bits per heavy atom. The summed E-state index contributed by atoms with van der Waals surface area (Å²) in [5.41, 5.74) is 1.51. The summed E-state index contributed by atoms with van der Waals surface area (Å²) >= 11 is 0. The van der Waals surface area contributed by atoms with Gasteiger partial charge in [-0.05, 0) is 63.1 Å². The largest absolute Gasteiger partial charge is 0.322 e. The Balaban J connectivity index is 2.27. The van der Waals surface area contributed by atoms with Crippen molar-refractivity contribution in [3.8, 4) is 0 Å². The van der Waals surface area contributed by atoms with Gasteiger partial charge in [0.15, 0.2) is 0 Å². The zero-order chi connectivity index (χ0) is 22.5. The van der Waals surface area contributed by atoms with Crippen molar-refractivity contribution >= 4 is 37.3 Å². The van der Waals surface area contributed by atoms with Gasteiger partial charge < -0.3 is 5.32 Å². The number of sulfonamides is 2. The lowest BCUT2D eigenvalue weighted by Gasteiger charge is -2.15. The predicted molar refractivity (Wildman–Crippen MR) is 119 cm³/mol.